The lowest BCUT2D eigenvalue weighted by Crippen LogP contribution is -2.15. The molecular formula is C15H14ClF2N5O3S. The summed E-state index contributed by atoms with van der Waals surface area (Å²) in [6.07, 6.45) is -0.331. The molecular weight excluding hydrogens is 404 g/mol. The molecule has 0 unspecified atom stereocenters. The number of hydrogen-bond donors (Lipinski definition) is 2. The maximum Gasteiger partial charge on any atom is 0.266 e. The number of aromatic amines is 1. The van der Waals surface area contributed by atoms with Gasteiger partial charge in [0.1, 0.15) is 15.7 Å². The summed E-state index contributed by atoms with van der Waals surface area (Å²) in [6, 6.07) is 2.98. The van der Waals surface area contributed by atoms with Crippen LogP contribution in [0.4, 0.5) is 14.7 Å². The molecule has 2 N–H and O–H groups in total. The molecule has 0 atom stereocenters. The number of nitrogens with one attached hydrogen (secondary N) is 2. The van der Waals surface area contributed by atoms with E-state index in [1.165, 1.54) is 31.6 Å². The van der Waals surface area contributed by atoms with E-state index in [1.54, 1.807) is 0 Å². The zero-order valence-electron chi connectivity index (χ0n) is 13.9. The molecule has 3 aromatic rings. The molecule has 0 aliphatic heterocycles. The summed E-state index contributed by atoms with van der Waals surface area (Å²) in [5.74, 6) is -0.223. The van der Waals surface area contributed by atoms with Crippen LogP contribution in [0.3, 0.4) is 0 Å². The van der Waals surface area contributed by atoms with Crippen LogP contribution in [-0.4, -0.2) is 41.9 Å². The molecule has 3 heterocycles. The predicted octanol–water partition coefficient (Wildman–Crippen LogP) is 3.01. The fraction of sp³-hybridized carbons (Fsp3) is 0.267. The Balaban J connectivity index is 1.88. The van der Waals surface area contributed by atoms with Gasteiger partial charge in [0, 0.05) is 29.8 Å². The SMILES string of the molecule is COc1nc(NS(=O)(=O)c2c[nH]c3nc(Cl)ccc23)ncc1CCC(F)F. The summed E-state index contributed by atoms with van der Waals surface area (Å²) < 4.78 is 57.3. The minimum atomic E-state index is -4.04. The van der Waals surface area contributed by atoms with E-state index in [0.29, 0.717) is 16.6 Å². The number of nitrogens with zero attached hydrogens (tertiary/aromatic N) is 3. The van der Waals surface area contributed by atoms with E-state index < -0.39 is 16.4 Å². The second-order valence-electron chi connectivity index (χ2n) is 5.45. The number of aromatic nitrogens is 4. The zero-order chi connectivity index (χ0) is 19.6. The number of pyridine rings is 1. The molecule has 0 aliphatic carbocycles. The van der Waals surface area contributed by atoms with Crippen LogP contribution in [0.25, 0.3) is 11.0 Å². The number of sulfonamides is 1. The maximum atomic E-state index is 12.6. The van der Waals surface area contributed by atoms with Gasteiger partial charge in [-0.25, -0.2) is 31.9 Å². The molecule has 0 radical (unpaired) electrons. The summed E-state index contributed by atoms with van der Waals surface area (Å²) in [5.41, 5.74) is 0.662. The van der Waals surface area contributed by atoms with Crippen LogP contribution in [0.2, 0.25) is 5.15 Å². The van der Waals surface area contributed by atoms with Crippen molar-refractivity contribution in [3.8, 4) is 5.88 Å². The molecule has 12 heteroatoms. The number of aryl methyl sites for hydroxylation is 1. The lowest BCUT2D eigenvalue weighted by atomic mass is 10.2. The molecule has 0 bridgehead atoms. The summed E-state index contributed by atoms with van der Waals surface area (Å²) in [5, 5.41) is 0.557. The van der Waals surface area contributed by atoms with Crippen LogP contribution >= 0.6 is 11.6 Å². The number of alkyl halides is 2. The number of anilines is 1. The third-order valence-electron chi connectivity index (χ3n) is 3.63. The van der Waals surface area contributed by atoms with Crippen LogP contribution in [0, 0.1) is 0 Å². The topological polar surface area (TPSA) is 110 Å². The molecule has 0 saturated heterocycles. The van der Waals surface area contributed by atoms with Crippen LogP contribution in [0.1, 0.15) is 12.0 Å². The number of hydrogen-bond acceptors (Lipinski definition) is 6. The Morgan fingerprint density at radius 2 is 2.11 bits per heavy atom. The van der Waals surface area contributed by atoms with E-state index in [9.17, 15) is 17.2 Å². The monoisotopic (exact) mass is 417 g/mol. The van der Waals surface area contributed by atoms with Crippen molar-refractivity contribution in [1.82, 2.24) is 19.9 Å². The van der Waals surface area contributed by atoms with Crippen molar-refractivity contribution in [3.63, 3.8) is 0 Å². The van der Waals surface area contributed by atoms with Crippen molar-refractivity contribution in [2.45, 2.75) is 24.2 Å². The van der Waals surface area contributed by atoms with Crippen molar-refractivity contribution < 1.29 is 21.9 Å². The third-order valence-corrected chi connectivity index (χ3v) is 5.21. The third kappa shape index (κ3) is 4.25. The van der Waals surface area contributed by atoms with Gasteiger partial charge in [0.2, 0.25) is 18.3 Å². The standard InChI is InChI=1S/C15H14ClF2N5O3S/c1-26-14-8(2-5-12(17)18)6-20-15(22-14)23-27(24,25)10-7-19-13-9(10)3-4-11(16)21-13/h3-4,6-7,12H,2,5H2,1H3,(H,19,21)(H,20,22,23). The molecule has 0 spiro atoms. The van der Waals surface area contributed by atoms with Crippen molar-refractivity contribution in [1.29, 1.82) is 0 Å². The minimum Gasteiger partial charge on any atom is -0.481 e. The average Bonchev–Trinajstić information content (AvgIpc) is 3.04. The minimum absolute atomic E-state index is 0.00273. The highest BCUT2D eigenvalue weighted by Crippen LogP contribution is 2.25. The Bertz CT molecular complexity index is 1070. The number of rotatable bonds is 7. The summed E-state index contributed by atoms with van der Waals surface area (Å²) in [4.78, 5) is 14.5. The molecule has 0 saturated carbocycles. The highest BCUT2D eigenvalue weighted by molar-refractivity contribution is 7.93. The molecule has 3 rings (SSSR count). The smallest absolute Gasteiger partial charge is 0.266 e. The molecule has 8 nitrogen and oxygen atoms in total. The number of H-pyrrole nitrogens is 1. The molecule has 0 aliphatic rings. The molecule has 0 amide bonds. The Morgan fingerprint density at radius 3 is 2.81 bits per heavy atom. The first-order valence-electron chi connectivity index (χ1n) is 7.64. The fourth-order valence-corrected chi connectivity index (χ4v) is 3.67. The van der Waals surface area contributed by atoms with Crippen molar-refractivity contribution >= 4 is 38.6 Å². The largest absolute Gasteiger partial charge is 0.481 e. The van der Waals surface area contributed by atoms with Gasteiger partial charge in [0.05, 0.1) is 7.11 Å². The van der Waals surface area contributed by atoms with E-state index >= 15 is 0 Å². The Labute approximate surface area is 158 Å². The van der Waals surface area contributed by atoms with E-state index in [-0.39, 0.29) is 34.7 Å². The van der Waals surface area contributed by atoms with Gasteiger partial charge < -0.3 is 9.72 Å². The van der Waals surface area contributed by atoms with Crippen LogP contribution in [0.5, 0.6) is 5.88 Å². The average molecular weight is 418 g/mol. The van der Waals surface area contributed by atoms with Gasteiger partial charge >= 0.3 is 0 Å². The first-order chi connectivity index (χ1) is 12.8. The predicted molar refractivity (Wildman–Crippen MR) is 94.8 cm³/mol. The van der Waals surface area contributed by atoms with Crippen LogP contribution < -0.4 is 9.46 Å². The Kier molecular flexibility index (Phi) is 5.42. The van der Waals surface area contributed by atoms with Gasteiger partial charge in [0.25, 0.3) is 10.0 Å². The molecule has 27 heavy (non-hydrogen) atoms. The van der Waals surface area contributed by atoms with Crippen molar-refractivity contribution in [2.75, 3.05) is 11.8 Å². The summed E-state index contributed by atoms with van der Waals surface area (Å²) in [6.45, 7) is 0. The first-order valence-corrected chi connectivity index (χ1v) is 9.51. The highest BCUT2D eigenvalue weighted by atomic mass is 35.5. The number of fused-ring (bicyclic) bond motifs is 1. The fourth-order valence-electron chi connectivity index (χ4n) is 2.41. The second kappa shape index (κ2) is 7.61. The number of methoxy groups -OCH3 is 1. The van der Waals surface area contributed by atoms with Gasteiger partial charge in [-0.15, -0.1) is 0 Å². The van der Waals surface area contributed by atoms with E-state index in [4.69, 9.17) is 16.3 Å². The molecule has 3 aromatic heterocycles. The van der Waals surface area contributed by atoms with E-state index in [0.717, 1.165) is 0 Å². The van der Waals surface area contributed by atoms with Gasteiger partial charge in [0.15, 0.2) is 0 Å². The lowest BCUT2D eigenvalue weighted by molar-refractivity contribution is 0.137. The summed E-state index contributed by atoms with van der Waals surface area (Å²) >= 11 is 5.79. The number of ether oxygens (including phenoxy) is 1. The van der Waals surface area contributed by atoms with Gasteiger partial charge in [-0.3, -0.25) is 0 Å². The Morgan fingerprint density at radius 1 is 1.33 bits per heavy atom. The second-order valence-corrected chi connectivity index (χ2v) is 7.48. The Hall–Kier alpha value is -2.53. The zero-order valence-corrected chi connectivity index (χ0v) is 15.5. The molecule has 0 fully saturated rings. The molecule has 0 aromatic carbocycles. The quantitative estimate of drug-likeness (QED) is 0.572. The first kappa shape index (κ1) is 19.2. The highest BCUT2D eigenvalue weighted by Gasteiger charge is 2.22. The van der Waals surface area contributed by atoms with Crippen LogP contribution in [-0.2, 0) is 16.4 Å². The van der Waals surface area contributed by atoms with Gasteiger partial charge in [-0.05, 0) is 18.6 Å². The lowest BCUT2D eigenvalue weighted by Gasteiger charge is -2.10. The van der Waals surface area contributed by atoms with Gasteiger partial charge in [-0.1, -0.05) is 11.6 Å². The van der Waals surface area contributed by atoms with E-state index in [1.807, 2.05) is 0 Å². The molecule has 144 valence electrons. The number of halogens is 3. The van der Waals surface area contributed by atoms with Gasteiger partial charge in [-0.2, -0.15) is 4.98 Å². The van der Waals surface area contributed by atoms with Crippen molar-refractivity contribution in [2.24, 2.45) is 0 Å². The van der Waals surface area contributed by atoms with Crippen molar-refractivity contribution in [3.05, 3.63) is 35.2 Å². The van der Waals surface area contributed by atoms with Crippen LogP contribution in [0.15, 0.2) is 29.4 Å². The summed E-state index contributed by atoms with van der Waals surface area (Å²) in [7, 11) is -2.73. The maximum absolute atomic E-state index is 12.6. The van der Waals surface area contributed by atoms with E-state index in [2.05, 4.69) is 24.7 Å². The normalized spacial score (nSPS) is 11.9.